The highest BCUT2D eigenvalue weighted by atomic mass is 32.2. The van der Waals surface area contributed by atoms with E-state index in [0.29, 0.717) is 49.3 Å². The molecule has 1 atom stereocenters. The maximum atomic E-state index is 11.9. The number of morpholine rings is 1. The Bertz CT molecular complexity index is 1470. The third kappa shape index (κ3) is 6.38. The van der Waals surface area contributed by atoms with Crippen molar-refractivity contribution in [3.05, 3.63) is 58.7 Å². The van der Waals surface area contributed by atoms with Crippen LogP contribution in [0, 0.1) is 0 Å². The smallest absolute Gasteiger partial charge is 0.341 e. The summed E-state index contributed by atoms with van der Waals surface area (Å²) in [7, 11) is 1.89. The first kappa shape index (κ1) is 27.1. The van der Waals surface area contributed by atoms with Crippen LogP contribution in [0.4, 0.5) is 11.8 Å². The lowest BCUT2D eigenvalue weighted by Crippen LogP contribution is -2.36. The van der Waals surface area contributed by atoms with Gasteiger partial charge in [0, 0.05) is 48.7 Å². The van der Waals surface area contributed by atoms with Crippen molar-refractivity contribution in [2.75, 3.05) is 49.8 Å². The van der Waals surface area contributed by atoms with Gasteiger partial charge in [0.2, 0.25) is 5.95 Å². The van der Waals surface area contributed by atoms with Crippen molar-refractivity contribution in [2.24, 2.45) is 0 Å². The molecule has 1 aliphatic heterocycles. The molecular weight excluding hydrogens is 540 g/mol. The van der Waals surface area contributed by atoms with Crippen molar-refractivity contribution >= 4 is 50.4 Å². The number of carbonyl (C=O) groups is 1. The van der Waals surface area contributed by atoms with Crippen molar-refractivity contribution in [3.8, 4) is 11.4 Å². The number of benzene rings is 1. The van der Waals surface area contributed by atoms with Crippen LogP contribution in [0.15, 0.2) is 42.7 Å². The maximum Gasteiger partial charge on any atom is 0.341 e. The van der Waals surface area contributed by atoms with Gasteiger partial charge < -0.3 is 23.8 Å². The molecule has 0 spiro atoms. The Balaban J connectivity index is 1.44. The van der Waals surface area contributed by atoms with Crippen LogP contribution in [0.25, 0.3) is 21.6 Å². The molecule has 5 rings (SSSR count). The molecule has 0 amide bonds. The summed E-state index contributed by atoms with van der Waals surface area (Å²) in [5, 5.41) is 0. The molecule has 1 saturated heterocycles. The summed E-state index contributed by atoms with van der Waals surface area (Å²) < 4.78 is 33.7. The summed E-state index contributed by atoms with van der Waals surface area (Å²) >= 11 is -0.525. The molecule has 39 heavy (non-hydrogen) atoms. The zero-order valence-electron chi connectivity index (χ0n) is 21.5. The molecule has 1 fully saturated rings. The van der Waals surface area contributed by atoms with Gasteiger partial charge in [0.25, 0.3) is 0 Å². The molecular formula is C26H27N6O5S2-. The van der Waals surface area contributed by atoms with Crippen LogP contribution in [0.3, 0.4) is 0 Å². The van der Waals surface area contributed by atoms with Crippen molar-refractivity contribution in [3.63, 3.8) is 0 Å². The lowest BCUT2D eigenvalue weighted by atomic mass is 10.1. The van der Waals surface area contributed by atoms with Crippen LogP contribution in [0.1, 0.15) is 27.7 Å². The highest BCUT2D eigenvalue weighted by Gasteiger charge is 2.21. The van der Waals surface area contributed by atoms with Crippen molar-refractivity contribution < 1.29 is 23.0 Å². The van der Waals surface area contributed by atoms with Gasteiger partial charge in [0.05, 0.1) is 42.1 Å². The van der Waals surface area contributed by atoms with Crippen molar-refractivity contribution in [2.45, 2.75) is 19.2 Å². The van der Waals surface area contributed by atoms with E-state index in [1.807, 2.05) is 30.1 Å². The van der Waals surface area contributed by atoms with Gasteiger partial charge in [-0.25, -0.2) is 24.7 Å². The van der Waals surface area contributed by atoms with Gasteiger partial charge in [0.15, 0.2) is 11.6 Å². The quantitative estimate of drug-likeness (QED) is 0.218. The van der Waals surface area contributed by atoms with E-state index in [4.69, 9.17) is 19.4 Å². The Hall–Kier alpha value is -3.52. The maximum absolute atomic E-state index is 11.9. The Kier molecular flexibility index (Phi) is 8.41. The molecule has 1 unspecified atom stereocenters. The second-order valence-corrected chi connectivity index (χ2v) is 10.9. The van der Waals surface area contributed by atoms with E-state index in [-0.39, 0.29) is 5.75 Å². The van der Waals surface area contributed by atoms with E-state index in [9.17, 15) is 13.6 Å². The number of ether oxygens (including phenoxy) is 2. The lowest BCUT2D eigenvalue weighted by molar-refractivity contribution is 0.0525. The molecule has 0 N–H and O–H groups in total. The number of carbonyl (C=O) groups excluding carboxylic acids is 1. The fraction of sp³-hybridized carbons (Fsp3) is 0.346. The predicted molar refractivity (Wildman–Crippen MR) is 149 cm³/mol. The molecule has 0 aliphatic carbocycles. The number of rotatable bonds is 9. The molecule has 4 heterocycles. The minimum Gasteiger partial charge on any atom is -0.772 e. The second kappa shape index (κ2) is 12.1. The molecule has 204 valence electrons. The summed E-state index contributed by atoms with van der Waals surface area (Å²) in [5.74, 6) is 1.44. The number of aromatic nitrogens is 4. The standard InChI is InChI=1S/C26H28N6O5S2/c1-3-37-25(33)19-13-27-26(28-14-19)31(2)15-20-12-21-22(38-20)24(32-8-10-36-11-9-32)30-23(29-21)18-6-4-17(5-7-18)16-39(34)35/h4-7,12-14H,3,8-11,15-16H2,1-2H3,(H,34,35)/p-1. The zero-order chi connectivity index (χ0) is 27.4. The van der Waals surface area contributed by atoms with E-state index in [1.165, 1.54) is 12.4 Å². The van der Waals surface area contributed by atoms with E-state index in [2.05, 4.69) is 14.9 Å². The molecule has 1 aromatic carbocycles. The van der Waals surface area contributed by atoms with Gasteiger partial charge >= 0.3 is 5.97 Å². The lowest BCUT2D eigenvalue weighted by Gasteiger charge is -2.28. The number of nitrogens with zero attached hydrogens (tertiary/aromatic N) is 6. The topological polar surface area (TPSA) is 134 Å². The number of fused-ring (bicyclic) bond motifs is 1. The molecule has 11 nitrogen and oxygen atoms in total. The SMILES string of the molecule is CCOC(=O)c1cnc(N(C)Cc2cc3nc(-c4ccc(CS(=O)[O-])cc4)nc(N4CCOCC4)c3s2)nc1. The van der Waals surface area contributed by atoms with E-state index in [1.54, 1.807) is 30.4 Å². The molecule has 13 heteroatoms. The minimum atomic E-state index is -2.15. The second-order valence-electron chi connectivity index (χ2n) is 8.89. The van der Waals surface area contributed by atoms with Gasteiger partial charge in [-0.2, -0.15) is 0 Å². The number of thiophene rings is 1. The number of anilines is 2. The zero-order valence-corrected chi connectivity index (χ0v) is 23.2. The summed E-state index contributed by atoms with van der Waals surface area (Å²) in [6.45, 7) is 5.29. The van der Waals surface area contributed by atoms with Gasteiger partial charge in [-0.3, -0.25) is 4.21 Å². The number of hydrogen-bond acceptors (Lipinski definition) is 12. The Labute approximate surface area is 232 Å². The van der Waals surface area contributed by atoms with Crippen LogP contribution < -0.4 is 9.80 Å². The third-order valence-corrected chi connectivity index (χ3v) is 7.77. The molecule has 0 bridgehead atoms. The Morgan fingerprint density at radius 2 is 1.90 bits per heavy atom. The van der Waals surface area contributed by atoms with Crippen molar-refractivity contribution in [1.82, 2.24) is 19.9 Å². The summed E-state index contributed by atoms with van der Waals surface area (Å²) in [6.07, 6.45) is 2.94. The van der Waals surface area contributed by atoms with Gasteiger partial charge in [-0.15, -0.1) is 11.3 Å². The highest BCUT2D eigenvalue weighted by Crippen LogP contribution is 2.35. The van der Waals surface area contributed by atoms with Gasteiger partial charge in [0.1, 0.15) is 0 Å². The van der Waals surface area contributed by atoms with Crippen LogP contribution >= 0.6 is 11.3 Å². The average molecular weight is 568 g/mol. The first-order valence-corrected chi connectivity index (χ1v) is 14.5. The summed E-state index contributed by atoms with van der Waals surface area (Å²) in [6, 6.07) is 9.33. The fourth-order valence-electron chi connectivity index (χ4n) is 4.19. The van der Waals surface area contributed by atoms with Crippen LogP contribution in [-0.4, -0.2) is 74.6 Å². The van der Waals surface area contributed by atoms with Crippen molar-refractivity contribution in [1.29, 1.82) is 0 Å². The first-order valence-electron chi connectivity index (χ1n) is 12.4. The summed E-state index contributed by atoms with van der Waals surface area (Å²) in [4.78, 5) is 35.5. The summed E-state index contributed by atoms with van der Waals surface area (Å²) in [5.41, 5.74) is 2.66. The third-order valence-electron chi connectivity index (χ3n) is 6.10. The average Bonchev–Trinajstić information content (AvgIpc) is 3.35. The van der Waals surface area contributed by atoms with Gasteiger partial charge in [-0.05, 0) is 18.6 Å². The van der Waals surface area contributed by atoms with E-state index < -0.39 is 17.0 Å². The normalized spacial score (nSPS) is 14.4. The fourth-order valence-corrected chi connectivity index (χ4v) is 5.82. The predicted octanol–water partition coefficient (Wildman–Crippen LogP) is 3.18. The van der Waals surface area contributed by atoms with E-state index in [0.717, 1.165) is 39.6 Å². The largest absolute Gasteiger partial charge is 0.772 e. The first-order chi connectivity index (χ1) is 18.9. The molecule has 4 aromatic rings. The van der Waals surface area contributed by atoms with Crippen LogP contribution in [-0.2, 0) is 32.9 Å². The number of hydrogen-bond donors (Lipinski definition) is 0. The molecule has 0 saturated carbocycles. The van der Waals surface area contributed by atoms with Crippen LogP contribution in [0.5, 0.6) is 0 Å². The highest BCUT2D eigenvalue weighted by molar-refractivity contribution is 7.78. The number of esters is 1. The molecule has 1 aliphatic rings. The Morgan fingerprint density at radius 3 is 2.56 bits per heavy atom. The Morgan fingerprint density at radius 1 is 1.18 bits per heavy atom. The minimum absolute atomic E-state index is 0.0319. The van der Waals surface area contributed by atoms with Gasteiger partial charge in [-0.1, -0.05) is 35.3 Å². The molecule has 3 aromatic heterocycles. The molecule has 0 radical (unpaired) electrons. The monoisotopic (exact) mass is 567 g/mol. The van der Waals surface area contributed by atoms with E-state index >= 15 is 0 Å². The van der Waals surface area contributed by atoms with Crippen LogP contribution in [0.2, 0.25) is 0 Å².